The lowest BCUT2D eigenvalue weighted by Crippen LogP contribution is -2.40. The molecule has 0 spiro atoms. The van der Waals surface area contributed by atoms with E-state index in [1.807, 2.05) is 12.1 Å². The fourth-order valence-corrected chi connectivity index (χ4v) is 1.96. The van der Waals surface area contributed by atoms with Gasteiger partial charge in [-0.2, -0.15) is 0 Å². The third kappa shape index (κ3) is 6.43. The third-order valence-electron chi connectivity index (χ3n) is 3.17. The topological polar surface area (TPSA) is 83.1 Å². The van der Waals surface area contributed by atoms with Gasteiger partial charge in [-0.05, 0) is 29.8 Å². The van der Waals surface area contributed by atoms with Gasteiger partial charge in [0.15, 0.2) is 0 Å². The normalized spacial score (nSPS) is 10.0. The molecule has 0 fully saturated rings. The van der Waals surface area contributed by atoms with E-state index in [0.717, 1.165) is 11.3 Å². The molecule has 3 N–H and O–H groups in total. The lowest BCUT2D eigenvalue weighted by atomic mass is 10.1. The highest BCUT2D eigenvalue weighted by molar-refractivity contribution is 5.78. The molecule has 0 radical (unpaired) electrons. The Hall–Kier alpha value is -2.96. The lowest BCUT2D eigenvalue weighted by molar-refractivity contribution is -0.120. The summed E-state index contributed by atoms with van der Waals surface area (Å²) in [4.78, 5) is 27.4. The fourth-order valence-electron chi connectivity index (χ4n) is 1.96. The molecule has 7 heteroatoms. The van der Waals surface area contributed by atoms with Gasteiger partial charge < -0.3 is 16.0 Å². The zero-order valence-electron chi connectivity index (χ0n) is 13.1. The second-order valence-corrected chi connectivity index (χ2v) is 5.08. The molecule has 1 heterocycles. The molecule has 2 aromatic rings. The van der Waals surface area contributed by atoms with Crippen LogP contribution in [0.3, 0.4) is 0 Å². The second kappa shape index (κ2) is 9.24. The summed E-state index contributed by atoms with van der Waals surface area (Å²) in [6.45, 7) is 0.962. The van der Waals surface area contributed by atoms with Crippen LogP contribution in [0.15, 0.2) is 48.7 Å². The molecule has 126 valence electrons. The van der Waals surface area contributed by atoms with Gasteiger partial charge in [0.2, 0.25) is 5.91 Å². The van der Waals surface area contributed by atoms with Gasteiger partial charge in [0, 0.05) is 19.3 Å². The van der Waals surface area contributed by atoms with Gasteiger partial charge in [-0.3, -0.25) is 9.78 Å². The number of aromatic nitrogens is 1. The van der Waals surface area contributed by atoms with Gasteiger partial charge in [0.05, 0.1) is 18.7 Å². The Morgan fingerprint density at radius 3 is 2.42 bits per heavy atom. The quantitative estimate of drug-likeness (QED) is 0.671. The van der Waals surface area contributed by atoms with Crippen LogP contribution in [0.1, 0.15) is 11.3 Å². The van der Waals surface area contributed by atoms with Crippen LogP contribution in [0.5, 0.6) is 0 Å². The van der Waals surface area contributed by atoms with Crippen molar-refractivity contribution in [3.05, 3.63) is 65.7 Å². The van der Waals surface area contributed by atoms with E-state index in [4.69, 9.17) is 0 Å². The summed E-state index contributed by atoms with van der Waals surface area (Å²) in [6, 6.07) is 10.9. The van der Waals surface area contributed by atoms with Crippen LogP contribution in [-0.2, 0) is 17.8 Å². The fraction of sp³-hybridized carbons (Fsp3) is 0.235. The van der Waals surface area contributed by atoms with E-state index in [2.05, 4.69) is 20.9 Å². The largest absolute Gasteiger partial charge is 0.354 e. The number of halogens is 1. The van der Waals surface area contributed by atoms with Gasteiger partial charge in [-0.1, -0.05) is 18.2 Å². The number of pyridine rings is 1. The summed E-state index contributed by atoms with van der Waals surface area (Å²) >= 11 is 0. The Morgan fingerprint density at radius 2 is 1.71 bits per heavy atom. The Balaban J connectivity index is 1.57. The van der Waals surface area contributed by atoms with Crippen molar-refractivity contribution < 1.29 is 14.0 Å². The summed E-state index contributed by atoms with van der Waals surface area (Å²) in [5.41, 5.74) is 1.50. The standard InChI is InChI=1S/C17H19FN4O2/c18-14-6-4-13(5-7-14)11-16(23)20-9-10-21-17(24)22-12-15-3-1-2-8-19-15/h1-8H,9-12H2,(H,20,23)(H2,21,22,24). The van der Waals surface area contributed by atoms with Crippen LogP contribution in [0.25, 0.3) is 0 Å². The van der Waals surface area contributed by atoms with Crippen molar-refractivity contribution in [3.8, 4) is 0 Å². The molecular formula is C17H19FN4O2. The monoisotopic (exact) mass is 330 g/mol. The molecule has 2 rings (SSSR count). The van der Waals surface area contributed by atoms with Crippen molar-refractivity contribution in [2.75, 3.05) is 13.1 Å². The van der Waals surface area contributed by atoms with Crippen molar-refractivity contribution in [1.82, 2.24) is 20.9 Å². The minimum atomic E-state index is -0.333. The lowest BCUT2D eigenvalue weighted by Gasteiger charge is -2.08. The zero-order valence-corrected chi connectivity index (χ0v) is 13.1. The SMILES string of the molecule is O=C(Cc1ccc(F)cc1)NCCNC(=O)NCc1ccccn1. The van der Waals surface area contributed by atoms with Gasteiger partial charge in [0.25, 0.3) is 0 Å². The van der Waals surface area contributed by atoms with E-state index in [1.165, 1.54) is 12.1 Å². The van der Waals surface area contributed by atoms with Crippen LogP contribution >= 0.6 is 0 Å². The number of amides is 3. The molecule has 0 aliphatic rings. The number of rotatable bonds is 7. The highest BCUT2D eigenvalue weighted by Crippen LogP contribution is 2.03. The number of carbonyl (C=O) groups is 2. The molecule has 0 saturated heterocycles. The number of hydrogen-bond donors (Lipinski definition) is 3. The summed E-state index contributed by atoms with van der Waals surface area (Å²) in [5.74, 6) is -0.516. The molecule has 0 bridgehead atoms. The average Bonchev–Trinajstić information content (AvgIpc) is 2.60. The van der Waals surface area contributed by atoms with E-state index >= 15 is 0 Å². The average molecular weight is 330 g/mol. The molecule has 6 nitrogen and oxygen atoms in total. The summed E-state index contributed by atoms with van der Waals surface area (Å²) in [7, 11) is 0. The molecule has 3 amide bonds. The smallest absolute Gasteiger partial charge is 0.315 e. The molecule has 1 aromatic carbocycles. The van der Waals surface area contributed by atoms with Crippen LogP contribution in [-0.4, -0.2) is 30.0 Å². The van der Waals surface area contributed by atoms with E-state index in [9.17, 15) is 14.0 Å². The molecule has 0 unspecified atom stereocenters. The van der Waals surface area contributed by atoms with E-state index < -0.39 is 0 Å². The summed E-state index contributed by atoms with van der Waals surface area (Å²) in [6.07, 6.45) is 1.83. The highest BCUT2D eigenvalue weighted by atomic mass is 19.1. The van der Waals surface area contributed by atoms with E-state index in [1.54, 1.807) is 24.4 Å². The molecule has 1 aromatic heterocycles. The first kappa shape index (κ1) is 17.4. The van der Waals surface area contributed by atoms with Crippen molar-refractivity contribution in [2.45, 2.75) is 13.0 Å². The third-order valence-corrected chi connectivity index (χ3v) is 3.17. The molecule has 24 heavy (non-hydrogen) atoms. The first-order valence-electron chi connectivity index (χ1n) is 7.56. The van der Waals surface area contributed by atoms with Crippen molar-refractivity contribution in [1.29, 1.82) is 0 Å². The predicted molar refractivity (Wildman–Crippen MR) is 87.6 cm³/mol. The van der Waals surface area contributed by atoms with Crippen molar-refractivity contribution in [3.63, 3.8) is 0 Å². The van der Waals surface area contributed by atoms with Crippen LogP contribution < -0.4 is 16.0 Å². The van der Waals surface area contributed by atoms with Crippen LogP contribution in [0.4, 0.5) is 9.18 Å². The number of hydrogen-bond acceptors (Lipinski definition) is 3. The van der Waals surface area contributed by atoms with Crippen molar-refractivity contribution >= 4 is 11.9 Å². The van der Waals surface area contributed by atoms with Crippen molar-refractivity contribution in [2.24, 2.45) is 0 Å². The molecule has 0 atom stereocenters. The number of benzene rings is 1. The maximum atomic E-state index is 12.8. The van der Waals surface area contributed by atoms with Crippen LogP contribution in [0, 0.1) is 5.82 Å². The highest BCUT2D eigenvalue weighted by Gasteiger charge is 2.04. The Morgan fingerprint density at radius 1 is 0.958 bits per heavy atom. The van der Waals surface area contributed by atoms with Gasteiger partial charge in [-0.15, -0.1) is 0 Å². The number of nitrogens with zero attached hydrogens (tertiary/aromatic N) is 1. The first-order valence-corrected chi connectivity index (χ1v) is 7.56. The van der Waals surface area contributed by atoms with Crippen LogP contribution in [0.2, 0.25) is 0 Å². The number of carbonyl (C=O) groups excluding carboxylic acids is 2. The molecular weight excluding hydrogens is 311 g/mol. The zero-order chi connectivity index (χ0) is 17.2. The van der Waals surface area contributed by atoms with E-state index in [0.29, 0.717) is 19.6 Å². The minimum absolute atomic E-state index is 0.173. The van der Waals surface area contributed by atoms with E-state index in [-0.39, 0.29) is 24.2 Å². The minimum Gasteiger partial charge on any atom is -0.354 e. The molecule has 0 aliphatic carbocycles. The maximum Gasteiger partial charge on any atom is 0.315 e. The Kier molecular flexibility index (Phi) is 6.70. The van der Waals surface area contributed by atoms with Gasteiger partial charge >= 0.3 is 6.03 Å². The molecule has 0 aliphatic heterocycles. The summed E-state index contributed by atoms with van der Waals surface area (Å²) < 4.78 is 12.8. The Labute approximate surface area is 139 Å². The number of nitrogens with one attached hydrogen (secondary N) is 3. The maximum absolute atomic E-state index is 12.8. The van der Waals surface area contributed by atoms with Gasteiger partial charge in [0.1, 0.15) is 5.82 Å². The predicted octanol–water partition coefficient (Wildman–Crippen LogP) is 1.38. The second-order valence-electron chi connectivity index (χ2n) is 5.08. The first-order chi connectivity index (χ1) is 11.6. The molecule has 0 saturated carbocycles. The van der Waals surface area contributed by atoms with Gasteiger partial charge in [-0.25, -0.2) is 9.18 Å². The number of urea groups is 1. The Bertz CT molecular complexity index is 662. The summed E-state index contributed by atoms with van der Waals surface area (Å²) in [5, 5.41) is 8.00.